The zero-order valence-electron chi connectivity index (χ0n) is 13.0. The van der Waals surface area contributed by atoms with Crippen LogP contribution >= 0.6 is 0 Å². The van der Waals surface area contributed by atoms with E-state index in [-0.39, 0.29) is 12.1 Å². The number of nitrogens with one attached hydrogen (secondary N) is 1. The largest absolute Gasteiger partial charge is 0.453 e. The molecule has 0 unspecified atom stereocenters. The fourth-order valence-electron chi connectivity index (χ4n) is 3.41. The van der Waals surface area contributed by atoms with E-state index >= 15 is 0 Å². The summed E-state index contributed by atoms with van der Waals surface area (Å²) in [4.78, 5) is 17.5. The molecule has 1 atom stereocenters. The fourth-order valence-corrected chi connectivity index (χ4v) is 3.41. The Morgan fingerprint density at radius 1 is 1.50 bits per heavy atom. The molecule has 0 aliphatic carbocycles. The summed E-state index contributed by atoms with van der Waals surface area (Å²) in [5.41, 5.74) is 3.66. The van der Waals surface area contributed by atoms with E-state index in [9.17, 15) is 4.79 Å². The summed E-state index contributed by atoms with van der Waals surface area (Å²) < 4.78 is 4.97. The predicted molar refractivity (Wildman–Crippen MR) is 87.9 cm³/mol. The number of rotatable bonds is 4. The van der Waals surface area contributed by atoms with Crippen LogP contribution in [0.3, 0.4) is 0 Å². The zero-order chi connectivity index (χ0) is 15.5. The van der Waals surface area contributed by atoms with Crippen LogP contribution in [0.4, 0.5) is 4.79 Å². The van der Waals surface area contributed by atoms with Crippen LogP contribution in [-0.4, -0.2) is 29.6 Å². The highest BCUT2D eigenvalue weighted by Gasteiger charge is 2.33. The lowest BCUT2D eigenvalue weighted by atomic mass is 9.94. The van der Waals surface area contributed by atoms with Gasteiger partial charge in [0.05, 0.1) is 13.2 Å². The van der Waals surface area contributed by atoms with Crippen molar-refractivity contribution >= 4 is 17.0 Å². The number of carbonyl (C=O) groups is 1. The van der Waals surface area contributed by atoms with Crippen molar-refractivity contribution in [2.45, 2.75) is 31.7 Å². The molecule has 1 N–H and O–H groups in total. The number of aromatic nitrogens is 1. The fraction of sp³-hybridized carbons (Fsp3) is 0.389. The van der Waals surface area contributed by atoms with Gasteiger partial charge in [0.15, 0.2) is 0 Å². The number of para-hydroxylation sites is 1. The lowest BCUT2D eigenvalue weighted by molar-refractivity contribution is 0.0969. The Morgan fingerprint density at radius 3 is 3.09 bits per heavy atom. The first-order valence-electron chi connectivity index (χ1n) is 7.81. The van der Waals surface area contributed by atoms with Gasteiger partial charge < -0.3 is 9.72 Å². The van der Waals surface area contributed by atoms with Crippen LogP contribution in [0.25, 0.3) is 10.9 Å². The summed E-state index contributed by atoms with van der Waals surface area (Å²) in [5, 5.41) is 1.27. The zero-order valence-corrected chi connectivity index (χ0v) is 13.0. The standard InChI is InChI=1S/C18H22N2O2/c1-3-4-5-10-16-17-14(11-12-20(16)18(21)22-2)13-8-6-7-9-15(13)19-17/h3,6-9,16,19H,1,4-5,10-12H2,2H3/t16-/m1/s1. The quantitative estimate of drug-likeness (QED) is 0.679. The highest BCUT2D eigenvalue weighted by Crippen LogP contribution is 2.37. The van der Waals surface area contributed by atoms with Gasteiger partial charge in [0.25, 0.3) is 0 Å². The van der Waals surface area contributed by atoms with Crippen molar-refractivity contribution in [3.05, 3.63) is 48.2 Å². The monoisotopic (exact) mass is 298 g/mol. The molecular formula is C18H22N2O2. The number of aromatic amines is 1. The Hall–Kier alpha value is -2.23. The van der Waals surface area contributed by atoms with E-state index < -0.39 is 0 Å². The van der Waals surface area contributed by atoms with Crippen molar-refractivity contribution < 1.29 is 9.53 Å². The highest BCUT2D eigenvalue weighted by atomic mass is 16.5. The Labute approximate surface area is 130 Å². The summed E-state index contributed by atoms with van der Waals surface area (Å²) >= 11 is 0. The molecule has 0 bridgehead atoms. The van der Waals surface area contributed by atoms with Crippen molar-refractivity contribution in [2.24, 2.45) is 0 Å². The Bertz CT molecular complexity index is 689. The molecular weight excluding hydrogens is 276 g/mol. The third-order valence-corrected chi connectivity index (χ3v) is 4.45. The van der Waals surface area contributed by atoms with E-state index in [1.165, 1.54) is 23.8 Å². The van der Waals surface area contributed by atoms with Crippen molar-refractivity contribution in [3.63, 3.8) is 0 Å². The topological polar surface area (TPSA) is 45.3 Å². The predicted octanol–water partition coefficient (Wildman–Crippen LogP) is 4.19. The smallest absolute Gasteiger partial charge is 0.410 e. The molecule has 0 radical (unpaired) electrons. The number of hydrogen-bond acceptors (Lipinski definition) is 2. The number of hydrogen-bond donors (Lipinski definition) is 1. The molecule has 0 saturated heterocycles. The van der Waals surface area contributed by atoms with Crippen LogP contribution in [0.15, 0.2) is 36.9 Å². The van der Waals surface area contributed by atoms with E-state index in [2.05, 4.69) is 29.8 Å². The number of allylic oxidation sites excluding steroid dienone is 1. The highest BCUT2D eigenvalue weighted by molar-refractivity contribution is 5.85. The number of nitrogens with zero attached hydrogens (tertiary/aromatic N) is 1. The van der Waals surface area contributed by atoms with Gasteiger partial charge in [-0.2, -0.15) is 0 Å². The Morgan fingerprint density at radius 2 is 2.32 bits per heavy atom. The molecule has 22 heavy (non-hydrogen) atoms. The van der Waals surface area contributed by atoms with Gasteiger partial charge in [0.2, 0.25) is 0 Å². The Kier molecular flexibility index (Phi) is 4.18. The van der Waals surface area contributed by atoms with Crippen LogP contribution in [0.5, 0.6) is 0 Å². The van der Waals surface area contributed by atoms with Crippen molar-refractivity contribution in [3.8, 4) is 0 Å². The number of carbonyl (C=O) groups excluding carboxylic acids is 1. The van der Waals surface area contributed by atoms with Gasteiger partial charge in [-0.15, -0.1) is 6.58 Å². The number of methoxy groups -OCH3 is 1. The van der Waals surface area contributed by atoms with Crippen LogP contribution < -0.4 is 0 Å². The minimum absolute atomic E-state index is 0.0588. The minimum Gasteiger partial charge on any atom is -0.453 e. The van der Waals surface area contributed by atoms with Gasteiger partial charge in [0, 0.05) is 23.1 Å². The normalized spacial score (nSPS) is 17.3. The maximum Gasteiger partial charge on any atom is 0.410 e. The second kappa shape index (κ2) is 6.26. The molecule has 4 heteroatoms. The van der Waals surface area contributed by atoms with E-state index in [0.717, 1.165) is 31.2 Å². The van der Waals surface area contributed by atoms with Crippen LogP contribution in [0, 0.1) is 0 Å². The minimum atomic E-state index is -0.243. The molecule has 3 rings (SSSR count). The third-order valence-electron chi connectivity index (χ3n) is 4.45. The van der Waals surface area contributed by atoms with Crippen molar-refractivity contribution in [1.82, 2.24) is 9.88 Å². The molecule has 1 aliphatic rings. The third kappa shape index (κ3) is 2.49. The number of amides is 1. The molecule has 0 spiro atoms. The van der Waals surface area contributed by atoms with Crippen LogP contribution in [-0.2, 0) is 11.2 Å². The SMILES string of the molecule is C=CCCC[C@@H]1c2[nH]c3ccccc3c2CCN1C(=O)OC. The summed E-state index contributed by atoms with van der Waals surface area (Å²) in [7, 11) is 1.45. The van der Waals surface area contributed by atoms with E-state index in [1.807, 2.05) is 17.0 Å². The molecule has 2 heterocycles. The number of unbranched alkanes of at least 4 members (excludes halogenated alkanes) is 1. The van der Waals surface area contributed by atoms with Crippen molar-refractivity contribution in [2.75, 3.05) is 13.7 Å². The van der Waals surface area contributed by atoms with E-state index in [0.29, 0.717) is 6.54 Å². The summed E-state index contributed by atoms with van der Waals surface area (Å²) in [6.45, 7) is 4.49. The second-order valence-corrected chi connectivity index (χ2v) is 5.71. The second-order valence-electron chi connectivity index (χ2n) is 5.71. The van der Waals surface area contributed by atoms with Gasteiger partial charge in [-0.3, -0.25) is 4.90 Å². The first kappa shape index (κ1) is 14.7. The van der Waals surface area contributed by atoms with E-state index in [1.54, 1.807) is 0 Å². The summed E-state index contributed by atoms with van der Waals surface area (Å²) in [6, 6.07) is 8.41. The average Bonchev–Trinajstić information content (AvgIpc) is 2.93. The molecule has 2 aromatic rings. The van der Waals surface area contributed by atoms with Gasteiger partial charge in [0.1, 0.15) is 0 Å². The molecule has 1 aromatic carbocycles. The average molecular weight is 298 g/mol. The van der Waals surface area contributed by atoms with Gasteiger partial charge >= 0.3 is 6.09 Å². The van der Waals surface area contributed by atoms with Crippen LogP contribution in [0.2, 0.25) is 0 Å². The summed E-state index contributed by atoms with van der Waals surface area (Å²) in [6.07, 6.45) is 5.44. The number of ether oxygens (including phenoxy) is 1. The van der Waals surface area contributed by atoms with Crippen LogP contribution in [0.1, 0.15) is 36.6 Å². The van der Waals surface area contributed by atoms with Crippen molar-refractivity contribution in [1.29, 1.82) is 0 Å². The lowest BCUT2D eigenvalue weighted by Crippen LogP contribution is -2.40. The summed E-state index contributed by atoms with van der Waals surface area (Å²) in [5.74, 6) is 0. The molecule has 116 valence electrons. The maximum atomic E-state index is 12.1. The Balaban J connectivity index is 1.99. The molecule has 1 aromatic heterocycles. The maximum absolute atomic E-state index is 12.1. The molecule has 1 amide bonds. The van der Waals surface area contributed by atoms with Gasteiger partial charge in [-0.1, -0.05) is 24.3 Å². The number of H-pyrrole nitrogens is 1. The lowest BCUT2D eigenvalue weighted by Gasteiger charge is -2.34. The molecule has 4 nitrogen and oxygen atoms in total. The van der Waals surface area contributed by atoms with E-state index in [4.69, 9.17) is 4.74 Å². The number of benzene rings is 1. The first-order chi connectivity index (χ1) is 10.8. The first-order valence-corrected chi connectivity index (χ1v) is 7.81. The molecule has 1 aliphatic heterocycles. The van der Waals surface area contributed by atoms with Gasteiger partial charge in [-0.25, -0.2) is 4.79 Å². The molecule has 0 fully saturated rings. The molecule has 0 saturated carbocycles. The number of fused-ring (bicyclic) bond motifs is 3. The van der Waals surface area contributed by atoms with Gasteiger partial charge in [-0.05, 0) is 37.3 Å².